The molecule has 11 heteroatoms. The van der Waals surface area contributed by atoms with Crippen molar-refractivity contribution in [3.8, 4) is 0 Å². The molecule has 2 aromatic carbocycles. The first-order chi connectivity index (χ1) is 18.0. The summed E-state index contributed by atoms with van der Waals surface area (Å²) in [5, 5.41) is 0.823. The van der Waals surface area contributed by atoms with Gasteiger partial charge >= 0.3 is 6.18 Å². The van der Waals surface area contributed by atoms with Crippen LogP contribution in [0, 0.1) is 5.82 Å². The number of nitrogens with zero attached hydrogens (tertiary/aromatic N) is 4. The van der Waals surface area contributed by atoms with E-state index in [4.69, 9.17) is 23.2 Å². The zero-order valence-corrected chi connectivity index (χ0v) is 22.3. The molecule has 0 aliphatic carbocycles. The third-order valence-corrected chi connectivity index (χ3v) is 7.71. The van der Waals surface area contributed by atoms with Crippen molar-refractivity contribution in [1.29, 1.82) is 0 Å². The van der Waals surface area contributed by atoms with Crippen LogP contribution < -0.4 is 0 Å². The van der Waals surface area contributed by atoms with Crippen LogP contribution in [0.3, 0.4) is 0 Å². The third-order valence-electron chi connectivity index (χ3n) is 6.97. The number of benzene rings is 2. The molecule has 4 rings (SSSR count). The summed E-state index contributed by atoms with van der Waals surface area (Å²) in [6.07, 6.45) is 2.57. The first kappa shape index (κ1) is 28.4. The molecule has 2 heterocycles. The number of imidazole rings is 1. The number of halogens is 6. The van der Waals surface area contributed by atoms with E-state index in [-0.39, 0.29) is 24.4 Å². The second kappa shape index (κ2) is 12.1. The summed E-state index contributed by atoms with van der Waals surface area (Å²) < 4.78 is 55.1. The number of alkyl halides is 3. The topological polar surface area (TPSA) is 41.4 Å². The summed E-state index contributed by atoms with van der Waals surface area (Å²) in [4.78, 5) is 20.9. The average Bonchev–Trinajstić information content (AvgIpc) is 3.53. The van der Waals surface area contributed by atoms with E-state index in [0.717, 1.165) is 37.1 Å². The van der Waals surface area contributed by atoms with Crippen LogP contribution in [-0.4, -0.2) is 51.4 Å². The molecule has 1 aromatic heterocycles. The van der Waals surface area contributed by atoms with Crippen molar-refractivity contribution >= 4 is 29.1 Å². The molecule has 0 spiro atoms. The summed E-state index contributed by atoms with van der Waals surface area (Å²) in [5.41, 5.74) is 0.0312. The zero-order valence-electron chi connectivity index (χ0n) is 20.8. The number of hydrogen-bond donors (Lipinski definition) is 0. The summed E-state index contributed by atoms with van der Waals surface area (Å²) >= 11 is 12.4. The fourth-order valence-electron chi connectivity index (χ4n) is 4.95. The summed E-state index contributed by atoms with van der Waals surface area (Å²) in [5.74, 6) is -1.37. The third kappa shape index (κ3) is 6.87. The van der Waals surface area contributed by atoms with Gasteiger partial charge in [-0.3, -0.25) is 9.69 Å². The minimum Gasteiger partial charge on any atom is -0.340 e. The standard InChI is InChI=1S/C27H28Cl2F4N4O/c1-35(14-18-5-7-21(24(30)12-18)27(31,32)33)25-16-37(15-20(25)19-6-8-22(28)23(29)13-19)26(38)4-2-3-10-36-11-9-34-17-36/h5-9,11-13,17,20,25H,2-4,10,14-16H2,1H3. The lowest BCUT2D eigenvalue weighted by molar-refractivity contribution is -0.140. The van der Waals surface area contributed by atoms with Crippen molar-refractivity contribution in [2.75, 3.05) is 20.1 Å². The van der Waals surface area contributed by atoms with Gasteiger partial charge in [0.2, 0.25) is 5.91 Å². The highest BCUT2D eigenvalue weighted by molar-refractivity contribution is 6.42. The molecule has 2 atom stereocenters. The highest BCUT2D eigenvalue weighted by Crippen LogP contribution is 2.36. The first-order valence-electron chi connectivity index (χ1n) is 12.3. The lowest BCUT2D eigenvalue weighted by atomic mass is 9.93. The molecule has 0 radical (unpaired) electrons. The van der Waals surface area contributed by atoms with Gasteiger partial charge < -0.3 is 9.47 Å². The predicted octanol–water partition coefficient (Wildman–Crippen LogP) is 6.64. The molecule has 0 saturated carbocycles. The first-order valence-corrected chi connectivity index (χ1v) is 13.0. The molecule has 3 aromatic rings. The van der Waals surface area contributed by atoms with Crippen molar-refractivity contribution in [2.45, 2.75) is 50.5 Å². The highest BCUT2D eigenvalue weighted by atomic mass is 35.5. The Morgan fingerprint density at radius 1 is 1.11 bits per heavy atom. The molecule has 2 unspecified atom stereocenters. The van der Waals surface area contributed by atoms with E-state index in [9.17, 15) is 22.4 Å². The maximum absolute atomic E-state index is 14.2. The molecular weight excluding hydrogens is 543 g/mol. The van der Waals surface area contributed by atoms with Crippen molar-refractivity contribution < 1.29 is 22.4 Å². The summed E-state index contributed by atoms with van der Waals surface area (Å²) in [7, 11) is 1.82. The van der Waals surface area contributed by atoms with Gasteiger partial charge in [-0.05, 0) is 55.3 Å². The van der Waals surface area contributed by atoms with Crippen LogP contribution in [0.25, 0.3) is 0 Å². The van der Waals surface area contributed by atoms with Crippen LogP contribution in [-0.2, 0) is 24.1 Å². The van der Waals surface area contributed by atoms with Gasteiger partial charge in [-0.25, -0.2) is 9.37 Å². The number of hydrogen-bond acceptors (Lipinski definition) is 3. The quantitative estimate of drug-likeness (QED) is 0.214. The number of aromatic nitrogens is 2. The van der Waals surface area contributed by atoms with Crippen LogP contribution in [0.1, 0.15) is 41.9 Å². The van der Waals surface area contributed by atoms with Crippen LogP contribution in [0.5, 0.6) is 0 Å². The maximum Gasteiger partial charge on any atom is 0.419 e. The minimum absolute atomic E-state index is 0.0390. The molecule has 0 N–H and O–H groups in total. The van der Waals surface area contributed by atoms with E-state index >= 15 is 0 Å². The minimum atomic E-state index is -4.75. The molecule has 1 aliphatic heterocycles. The molecular formula is C27H28Cl2F4N4O. The van der Waals surface area contributed by atoms with Gasteiger partial charge in [0.25, 0.3) is 0 Å². The Kier molecular flexibility index (Phi) is 9.00. The Bertz CT molecular complexity index is 1250. The number of aryl methyl sites for hydroxylation is 1. The number of likely N-dealkylation sites (tertiary alicyclic amines) is 1. The largest absolute Gasteiger partial charge is 0.419 e. The molecule has 1 aliphatic rings. The predicted molar refractivity (Wildman–Crippen MR) is 139 cm³/mol. The monoisotopic (exact) mass is 570 g/mol. The number of rotatable bonds is 9. The zero-order chi connectivity index (χ0) is 27.4. The Morgan fingerprint density at radius 3 is 2.55 bits per heavy atom. The number of carbonyl (C=O) groups excluding carboxylic acids is 1. The van der Waals surface area contributed by atoms with Gasteiger partial charge in [0.15, 0.2) is 0 Å². The molecule has 0 bridgehead atoms. The second-order valence-electron chi connectivity index (χ2n) is 9.63. The van der Waals surface area contributed by atoms with E-state index in [1.807, 2.05) is 33.7 Å². The lowest BCUT2D eigenvalue weighted by Crippen LogP contribution is -2.38. The summed E-state index contributed by atoms with van der Waals surface area (Å²) in [6.45, 7) is 1.90. The number of carbonyl (C=O) groups is 1. The number of amides is 1. The Morgan fingerprint density at radius 2 is 1.89 bits per heavy atom. The molecule has 1 amide bonds. The molecule has 38 heavy (non-hydrogen) atoms. The number of unbranched alkanes of at least 4 members (excludes halogenated alkanes) is 1. The van der Waals surface area contributed by atoms with Crippen LogP contribution >= 0.6 is 23.2 Å². The van der Waals surface area contributed by atoms with E-state index in [2.05, 4.69) is 4.98 Å². The van der Waals surface area contributed by atoms with Crippen molar-refractivity contribution in [3.05, 3.63) is 87.7 Å². The van der Waals surface area contributed by atoms with Crippen LogP contribution in [0.4, 0.5) is 17.6 Å². The maximum atomic E-state index is 14.2. The second-order valence-corrected chi connectivity index (χ2v) is 10.4. The van der Waals surface area contributed by atoms with Gasteiger partial charge in [-0.15, -0.1) is 0 Å². The smallest absolute Gasteiger partial charge is 0.340 e. The van der Waals surface area contributed by atoms with Crippen molar-refractivity contribution in [1.82, 2.24) is 19.4 Å². The number of likely N-dealkylation sites (N-methyl/N-ethyl adjacent to an activating group) is 1. The lowest BCUT2D eigenvalue weighted by Gasteiger charge is -2.29. The van der Waals surface area contributed by atoms with Gasteiger partial charge in [0.1, 0.15) is 5.82 Å². The van der Waals surface area contributed by atoms with Gasteiger partial charge in [-0.2, -0.15) is 13.2 Å². The van der Waals surface area contributed by atoms with Crippen LogP contribution in [0.2, 0.25) is 10.0 Å². The normalized spacial score (nSPS) is 17.9. The molecule has 1 fully saturated rings. The Hall–Kier alpha value is -2.62. The highest BCUT2D eigenvalue weighted by Gasteiger charge is 2.39. The molecule has 5 nitrogen and oxygen atoms in total. The van der Waals surface area contributed by atoms with Gasteiger partial charge in [0.05, 0.1) is 21.9 Å². The van der Waals surface area contributed by atoms with Crippen molar-refractivity contribution in [2.24, 2.45) is 0 Å². The molecule has 1 saturated heterocycles. The Balaban J connectivity index is 1.46. The van der Waals surface area contributed by atoms with Crippen molar-refractivity contribution in [3.63, 3.8) is 0 Å². The average molecular weight is 571 g/mol. The summed E-state index contributed by atoms with van der Waals surface area (Å²) in [6, 6.07) is 8.18. The SMILES string of the molecule is CN(Cc1ccc(C(F)(F)F)c(F)c1)C1CN(C(=O)CCCCn2ccnc2)CC1c1ccc(Cl)c(Cl)c1. The van der Waals surface area contributed by atoms with E-state index in [1.54, 1.807) is 24.7 Å². The van der Waals surface area contributed by atoms with E-state index < -0.39 is 17.6 Å². The van der Waals surface area contributed by atoms with Gasteiger partial charge in [0, 0.05) is 57.0 Å². The van der Waals surface area contributed by atoms with E-state index in [1.165, 1.54) is 6.07 Å². The van der Waals surface area contributed by atoms with Crippen LogP contribution in [0.15, 0.2) is 55.1 Å². The van der Waals surface area contributed by atoms with Gasteiger partial charge in [-0.1, -0.05) is 35.3 Å². The Labute approximate surface area is 229 Å². The molecule has 204 valence electrons. The van der Waals surface area contributed by atoms with E-state index in [0.29, 0.717) is 35.1 Å². The fourth-order valence-corrected chi connectivity index (χ4v) is 5.25. The fraction of sp³-hybridized carbons (Fsp3) is 0.407.